The Morgan fingerprint density at radius 3 is 1.40 bits per heavy atom. The standard InChI is InChI=1S/C22H17F5N6O.C22H13F5N6O/c2*23-15-4-1-14(2-5-15)3-7-17-10-29-20(11-28-17)22(26,27)21(34,12-33-13-30-31-32-33)18-8-6-16(24)9-19(18)25/h1-2,4-6,8-11,13,34H,3,7,12H2;1-2,4-6,8-11,13,34H,12H2. The molecule has 0 fully saturated rings. The molecule has 4 aromatic carbocycles. The summed E-state index contributed by atoms with van der Waals surface area (Å²) in [6.07, 6.45) is 6.24. The van der Waals surface area contributed by atoms with Crippen LogP contribution in [0.15, 0.2) is 122 Å². The van der Waals surface area contributed by atoms with Gasteiger partial charge in [0.1, 0.15) is 64.6 Å². The maximum Gasteiger partial charge on any atom is 0.325 e. The lowest BCUT2D eigenvalue weighted by molar-refractivity contribution is -0.208. The molecule has 4 heterocycles. The Kier molecular flexibility index (Phi) is 14.0. The predicted octanol–water partition coefficient (Wildman–Crippen LogP) is 6.31. The number of nitrogens with zero attached hydrogens (tertiary/aromatic N) is 12. The van der Waals surface area contributed by atoms with Crippen LogP contribution in [0.5, 0.6) is 0 Å². The summed E-state index contributed by atoms with van der Waals surface area (Å²) in [7, 11) is 0. The molecule has 2 N–H and O–H groups in total. The molecule has 68 heavy (non-hydrogen) atoms. The highest BCUT2D eigenvalue weighted by Gasteiger charge is 2.59. The zero-order chi connectivity index (χ0) is 48.7. The molecule has 24 heteroatoms. The van der Waals surface area contributed by atoms with Gasteiger partial charge < -0.3 is 10.2 Å². The first-order valence-corrected chi connectivity index (χ1v) is 19.6. The molecule has 0 aliphatic rings. The topological polar surface area (TPSA) is 179 Å². The van der Waals surface area contributed by atoms with E-state index in [1.165, 1.54) is 36.4 Å². The summed E-state index contributed by atoms with van der Waals surface area (Å²) in [5.41, 5.74) is -8.52. The summed E-state index contributed by atoms with van der Waals surface area (Å²) in [5, 5.41) is 42.4. The summed E-state index contributed by atoms with van der Waals surface area (Å²) in [6, 6.07) is 14.8. The van der Waals surface area contributed by atoms with Crippen molar-refractivity contribution in [2.45, 2.75) is 49.0 Å². The molecule has 14 nitrogen and oxygen atoms in total. The van der Waals surface area contributed by atoms with Gasteiger partial charge in [-0.1, -0.05) is 18.1 Å². The molecule has 0 spiro atoms. The van der Waals surface area contributed by atoms with E-state index >= 15 is 17.6 Å². The van der Waals surface area contributed by atoms with Crippen LogP contribution in [0.25, 0.3) is 0 Å². The Labute approximate surface area is 377 Å². The third-order valence-corrected chi connectivity index (χ3v) is 10.1. The lowest BCUT2D eigenvalue weighted by Gasteiger charge is -2.35. The molecule has 0 aliphatic heterocycles. The molecule has 0 saturated heterocycles. The van der Waals surface area contributed by atoms with E-state index in [9.17, 15) is 36.6 Å². The van der Waals surface area contributed by atoms with E-state index in [0.29, 0.717) is 48.5 Å². The zero-order valence-corrected chi connectivity index (χ0v) is 34.4. The Morgan fingerprint density at radius 1 is 0.500 bits per heavy atom. The van der Waals surface area contributed by atoms with Crippen molar-refractivity contribution in [1.29, 1.82) is 0 Å². The third-order valence-electron chi connectivity index (χ3n) is 10.1. The van der Waals surface area contributed by atoms with E-state index in [1.54, 1.807) is 12.1 Å². The SMILES string of the molecule is OC(Cn1cnnn1)(c1ccc(F)cc1F)C(F)(F)c1cnc(C#Cc2ccc(F)cc2)cn1.OC(Cn1cnnn1)(c1ccc(F)cc1F)C(F)(F)c1cnc(CCc2ccc(F)cc2)cn1. The molecule has 348 valence electrons. The number of halogens is 10. The van der Waals surface area contributed by atoms with Crippen molar-refractivity contribution in [2.24, 2.45) is 0 Å². The van der Waals surface area contributed by atoms with Crippen LogP contribution >= 0.6 is 0 Å². The van der Waals surface area contributed by atoms with Crippen LogP contribution in [-0.4, -0.2) is 70.6 Å². The van der Waals surface area contributed by atoms with E-state index in [4.69, 9.17) is 0 Å². The lowest BCUT2D eigenvalue weighted by atomic mass is 9.85. The van der Waals surface area contributed by atoms with Gasteiger partial charge in [0.2, 0.25) is 0 Å². The smallest absolute Gasteiger partial charge is 0.325 e. The minimum absolute atomic E-state index is 0.0147. The quantitative estimate of drug-likeness (QED) is 0.0975. The summed E-state index contributed by atoms with van der Waals surface area (Å²) < 4.78 is 146. The van der Waals surface area contributed by atoms with Gasteiger partial charge in [-0.25, -0.2) is 40.7 Å². The molecule has 4 aromatic heterocycles. The van der Waals surface area contributed by atoms with Crippen molar-refractivity contribution in [3.8, 4) is 11.8 Å². The van der Waals surface area contributed by atoms with Crippen LogP contribution in [0.3, 0.4) is 0 Å². The predicted molar refractivity (Wildman–Crippen MR) is 214 cm³/mol. The van der Waals surface area contributed by atoms with Crippen molar-refractivity contribution >= 4 is 0 Å². The van der Waals surface area contributed by atoms with Crippen LogP contribution in [0, 0.1) is 46.7 Å². The van der Waals surface area contributed by atoms with Gasteiger partial charge in [0, 0.05) is 35.0 Å². The average Bonchev–Trinajstić information content (AvgIpc) is 4.04. The van der Waals surface area contributed by atoms with Crippen LogP contribution < -0.4 is 0 Å². The van der Waals surface area contributed by atoms with Crippen LogP contribution in [0.2, 0.25) is 0 Å². The minimum Gasteiger partial charge on any atom is -0.377 e. The lowest BCUT2D eigenvalue weighted by Crippen LogP contribution is -2.48. The van der Waals surface area contributed by atoms with Gasteiger partial charge >= 0.3 is 11.8 Å². The van der Waals surface area contributed by atoms with Gasteiger partial charge in [0.15, 0.2) is 11.2 Å². The fourth-order valence-corrected chi connectivity index (χ4v) is 6.55. The maximum atomic E-state index is 15.7. The molecule has 8 rings (SSSR count). The monoisotopic (exact) mass is 948 g/mol. The van der Waals surface area contributed by atoms with E-state index in [2.05, 4.69) is 62.8 Å². The van der Waals surface area contributed by atoms with Crippen molar-refractivity contribution in [1.82, 2.24) is 60.4 Å². The number of hydrogen-bond acceptors (Lipinski definition) is 12. The minimum atomic E-state index is -4.23. The molecule has 0 radical (unpaired) electrons. The Hall–Kier alpha value is -8.04. The highest BCUT2D eigenvalue weighted by Crippen LogP contribution is 2.48. The second-order valence-electron chi connectivity index (χ2n) is 14.7. The van der Waals surface area contributed by atoms with Crippen molar-refractivity contribution in [2.75, 3.05) is 0 Å². The first-order chi connectivity index (χ1) is 32.4. The summed E-state index contributed by atoms with van der Waals surface area (Å²) in [6.45, 7) is -1.94. The average molecular weight is 949 g/mol. The third kappa shape index (κ3) is 10.5. The second kappa shape index (κ2) is 19.8. The van der Waals surface area contributed by atoms with Crippen molar-refractivity contribution in [3.63, 3.8) is 0 Å². The molecular formula is C44H30F10N12O2. The number of aromatic nitrogens is 12. The van der Waals surface area contributed by atoms with Gasteiger partial charge in [-0.15, -0.1) is 10.2 Å². The second-order valence-corrected chi connectivity index (χ2v) is 14.7. The molecule has 0 amide bonds. The first-order valence-electron chi connectivity index (χ1n) is 19.6. The fourth-order valence-electron chi connectivity index (χ4n) is 6.55. The maximum absolute atomic E-state index is 15.7. The molecule has 0 bridgehead atoms. The number of hydrogen-bond donors (Lipinski definition) is 2. The van der Waals surface area contributed by atoms with Crippen LogP contribution in [0.4, 0.5) is 43.9 Å². The number of tetrazole rings is 2. The Morgan fingerprint density at radius 2 is 0.971 bits per heavy atom. The number of alkyl halides is 4. The molecule has 8 aromatic rings. The molecular weight excluding hydrogens is 919 g/mol. The van der Waals surface area contributed by atoms with Gasteiger partial charge in [0.05, 0.1) is 37.4 Å². The van der Waals surface area contributed by atoms with Crippen LogP contribution in [-0.2, 0) is 49.0 Å². The number of rotatable bonds is 13. The largest absolute Gasteiger partial charge is 0.377 e. The van der Waals surface area contributed by atoms with E-state index < -0.39 is 87.7 Å². The summed E-state index contributed by atoms with van der Waals surface area (Å²) in [5.74, 6) is -8.74. The zero-order valence-electron chi connectivity index (χ0n) is 34.4. The van der Waals surface area contributed by atoms with Crippen molar-refractivity contribution < 1.29 is 54.1 Å². The van der Waals surface area contributed by atoms with E-state index in [-0.39, 0.29) is 11.5 Å². The Balaban J connectivity index is 0.000000201. The molecule has 2 atom stereocenters. The summed E-state index contributed by atoms with van der Waals surface area (Å²) in [4.78, 5) is 15.2. The molecule has 2 unspecified atom stereocenters. The summed E-state index contributed by atoms with van der Waals surface area (Å²) >= 11 is 0. The highest BCUT2D eigenvalue weighted by atomic mass is 19.3. The number of benzene rings is 4. The van der Waals surface area contributed by atoms with Crippen LogP contribution in [0.1, 0.15) is 45.0 Å². The molecule has 0 saturated carbocycles. The van der Waals surface area contributed by atoms with Gasteiger partial charge in [0.25, 0.3) is 0 Å². The fraction of sp³-hybridized carbons (Fsp3) is 0.182. The van der Waals surface area contributed by atoms with Gasteiger partial charge in [-0.05, 0) is 106 Å². The van der Waals surface area contributed by atoms with Gasteiger partial charge in [-0.3, -0.25) is 15.0 Å². The number of aryl methyl sites for hydroxylation is 2. The highest BCUT2D eigenvalue weighted by molar-refractivity contribution is 5.40. The normalized spacial score (nSPS) is 13.4. The Bertz CT molecular complexity index is 3010. The first kappa shape index (κ1) is 47.9. The number of aliphatic hydroxyl groups is 2. The van der Waals surface area contributed by atoms with Crippen molar-refractivity contribution in [3.05, 3.63) is 202 Å². The van der Waals surface area contributed by atoms with E-state index in [0.717, 1.165) is 64.4 Å². The van der Waals surface area contributed by atoms with Gasteiger partial charge in [-0.2, -0.15) is 17.6 Å². The van der Waals surface area contributed by atoms with E-state index in [1.807, 2.05) is 0 Å². The molecule has 0 aliphatic carbocycles.